The fraction of sp³-hybridized carbons (Fsp3) is 0.406. The van der Waals surface area contributed by atoms with Crippen LogP contribution in [-0.4, -0.2) is 78.7 Å². The zero-order valence-electron chi connectivity index (χ0n) is 27.0. The van der Waals surface area contributed by atoms with Crippen LogP contribution in [0.2, 0.25) is 0 Å². The highest BCUT2D eigenvalue weighted by Gasteiger charge is 2.31. The van der Waals surface area contributed by atoms with E-state index in [1.807, 2.05) is 13.8 Å². The number of hydrogen-bond acceptors (Lipinski definition) is 9. The number of carbonyl (C=O) groups excluding carboxylic acids is 1. The molecule has 0 spiro atoms. The number of carbonyl (C=O) groups is 1. The lowest BCUT2D eigenvalue weighted by Gasteiger charge is -2.10. The summed E-state index contributed by atoms with van der Waals surface area (Å²) in [5.41, 5.74) is 9.86. The van der Waals surface area contributed by atoms with Gasteiger partial charge in [0, 0.05) is 34.4 Å². The van der Waals surface area contributed by atoms with Crippen molar-refractivity contribution in [1.82, 2.24) is 20.1 Å². The lowest BCUT2D eigenvalue weighted by atomic mass is 10.0. The van der Waals surface area contributed by atoms with Crippen molar-refractivity contribution in [3.05, 3.63) is 81.7 Å². The Labute approximate surface area is 288 Å². The maximum atomic E-state index is 14.3. The summed E-state index contributed by atoms with van der Waals surface area (Å²) in [6, 6.07) is 10.6. The van der Waals surface area contributed by atoms with Gasteiger partial charge in [-0.2, -0.15) is 23.0 Å². The van der Waals surface area contributed by atoms with Crippen molar-refractivity contribution in [1.29, 1.82) is 0 Å². The average Bonchev–Trinajstić information content (AvgIpc) is 3.63. The molecule has 1 N–H and O–H groups in total. The number of thioether (sulfide) groups is 1. The van der Waals surface area contributed by atoms with Gasteiger partial charge in [-0.05, 0) is 42.3 Å². The first kappa shape index (κ1) is 37.8. The highest BCUT2D eigenvalue weighted by molar-refractivity contribution is 8.01. The van der Waals surface area contributed by atoms with E-state index >= 15 is 0 Å². The van der Waals surface area contributed by atoms with E-state index in [0.717, 1.165) is 16.3 Å². The Morgan fingerprint density at radius 3 is 2.35 bits per heavy atom. The van der Waals surface area contributed by atoms with E-state index in [2.05, 4.69) is 20.4 Å². The van der Waals surface area contributed by atoms with Gasteiger partial charge in [-0.25, -0.2) is 9.37 Å². The topological polar surface area (TPSA) is 136 Å². The first-order valence-corrected chi connectivity index (χ1v) is 16.9. The van der Waals surface area contributed by atoms with Crippen molar-refractivity contribution < 1.29 is 36.6 Å². The van der Waals surface area contributed by atoms with Crippen LogP contribution in [0.5, 0.6) is 0 Å². The zero-order valence-corrected chi connectivity index (χ0v) is 28.6. The number of thiazole rings is 1. The molecule has 2 heterocycles. The number of aryl methyl sites for hydroxylation is 1. The van der Waals surface area contributed by atoms with Gasteiger partial charge in [0.05, 0.1) is 60.8 Å². The average molecular weight is 722 g/mol. The molecule has 49 heavy (non-hydrogen) atoms. The molecule has 2 aromatic carbocycles. The van der Waals surface area contributed by atoms with Gasteiger partial charge >= 0.3 is 6.18 Å². The molecule has 11 nitrogen and oxygen atoms in total. The summed E-state index contributed by atoms with van der Waals surface area (Å²) in [5, 5.41) is 11.3. The number of hydrogen-bond donors (Lipinski definition) is 1. The summed E-state index contributed by atoms with van der Waals surface area (Å²) in [7, 11) is 0. The molecular weight excluding hydrogens is 687 g/mol. The molecule has 17 heteroatoms. The Balaban J connectivity index is 1.53. The standard InChI is InChI=1S/C32H35F4N7O4S2/c1-20(2)48-30-27(22-7-9-24(10-8-22)32(34,35)36)40-31(49-30)43-28(26(21(3)41-43)23-5-4-6-25(33)19-23)29(44)38-11-13-45-15-17-47-18-16-46-14-12-39-42-37/h4-10,19-20H,11-18H2,1-3H3,(H,38,44). The van der Waals surface area contributed by atoms with Crippen molar-refractivity contribution in [2.24, 2.45) is 5.11 Å². The van der Waals surface area contributed by atoms with Gasteiger partial charge in [-0.15, -0.1) is 11.8 Å². The third kappa shape index (κ3) is 10.7. The fourth-order valence-electron chi connectivity index (χ4n) is 4.56. The smallest absolute Gasteiger partial charge is 0.379 e. The summed E-state index contributed by atoms with van der Waals surface area (Å²) < 4.78 is 72.5. The maximum Gasteiger partial charge on any atom is 0.416 e. The molecule has 2 aromatic heterocycles. The first-order valence-electron chi connectivity index (χ1n) is 15.2. The zero-order chi connectivity index (χ0) is 35.4. The van der Waals surface area contributed by atoms with Gasteiger partial charge < -0.3 is 19.5 Å². The number of halogens is 4. The van der Waals surface area contributed by atoms with E-state index in [0.29, 0.717) is 59.6 Å². The molecule has 0 saturated heterocycles. The van der Waals surface area contributed by atoms with Crippen LogP contribution in [0.25, 0.3) is 38.0 Å². The highest BCUT2D eigenvalue weighted by atomic mass is 32.2. The Kier molecular flexibility index (Phi) is 14.0. The number of rotatable bonds is 18. The molecule has 0 aliphatic heterocycles. The number of amides is 1. The molecular formula is C32H35F4N7O4S2. The third-order valence-electron chi connectivity index (χ3n) is 6.66. The molecule has 0 unspecified atom stereocenters. The van der Waals surface area contributed by atoms with Crippen LogP contribution < -0.4 is 5.32 Å². The van der Waals surface area contributed by atoms with E-state index in [1.54, 1.807) is 13.0 Å². The molecule has 0 fully saturated rings. The second-order valence-electron chi connectivity index (χ2n) is 10.7. The van der Waals surface area contributed by atoms with Gasteiger partial charge in [0.25, 0.3) is 5.91 Å². The van der Waals surface area contributed by atoms with E-state index < -0.39 is 23.5 Å². The van der Waals surface area contributed by atoms with Crippen LogP contribution in [0.4, 0.5) is 17.6 Å². The van der Waals surface area contributed by atoms with Crippen molar-refractivity contribution in [3.8, 4) is 27.5 Å². The lowest BCUT2D eigenvalue weighted by Crippen LogP contribution is -2.30. The minimum Gasteiger partial charge on any atom is -0.379 e. The largest absolute Gasteiger partial charge is 0.416 e. The molecule has 0 radical (unpaired) electrons. The van der Waals surface area contributed by atoms with Gasteiger partial charge in [0.1, 0.15) is 11.5 Å². The van der Waals surface area contributed by atoms with Gasteiger partial charge in [-0.3, -0.25) is 4.79 Å². The number of benzene rings is 2. The van der Waals surface area contributed by atoms with Crippen LogP contribution >= 0.6 is 23.1 Å². The highest BCUT2D eigenvalue weighted by Crippen LogP contribution is 2.41. The van der Waals surface area contributed by atoms with E-state index in [-0.39, 0.29) is 37.2 Å². The molecule has 1 amide bonds. The lowest BCUT2D eigenvalue weighted by molar-refractivity contribution is -0.137. The van der Waals surface area contributed by atoms with Crippen molar-refractivity contribution in [3.63, 3.8) is 0 Å². The molecule has 0 aliphatic carbocycles. The number of azide groups is 1. The van der Waals surface area contributed by atoms with Gasteiger partial charge in [-0.1, -0.05) is 54.6 Å². The first-order chi connectivity index (χ1) is 23.5. The Morgan fingerprint density at radius 2 is 1.71 bits per heavy atom. The summed E-state index contributed by atoms with van der Waals surface area (Å²) in [5.74, 6) is -0.984. The Morgan fingerprint density at radius 1 is 1.04 bits per heavy atom. The fourth-order valence-corrected chi connectivity index (χ4v) is 7.03. The van der Waals surface area contributed by atoms with Crippen LogP contribution in [0.1, 0.15) is 35.6 Å². The minimum atomic E-state index is -4.48. The van der Waals surface area contributed by atoms with Crippen molar-refractivity contribution in [2.45, 2.75) is 36.4 Å². The van der Waals surface area contributed by atoms with Crippen LogP contribution in [0, 0.1) is 12.7 Å². The number of nitrogens with one attached hydrogen (secondary N) is 1. The monoisotopic (exact) mass is 721 g/mol. The number of nitrogens with zero attached hydrogens (tertiary/aromatic N) is 6. The van der Waals surface area contributed by atoms with Crippen molar-refractivity contribution in [2.75, 3.05) is 52.7 Å². The number of ether oxygens (including phenoxy) is 3. The Bertz CT molecular complexity index is 1740. The maximum absolute atomic E-state index is 14.3. The predicted octanol–water partition coefficient (Wildman–Crippen LogP) is 7.72. The van der Waals surface area contributed by atoms with Crippen LogP contribution in [-0.2, 0) is 20.4 Å². The molecule has 0 aliphatic rings. The summed E-state index contributed by atoms with van der Waals surface area (Å²) >= 11 is 2.75. The second kappa shape index (κ2) is 18.1. The number of alkyl halides is 3. The predicted molar refractivity (Wildman–Crippen MR) is 180 cm³/mol. The summed E-state index contributed by atoms with van der Waals surface area (Å²) in [6.45, 7) is 7.85. The van der Waals surface area contributed by atoms with Crippen LogP contribution in [0.15, 0.2) is 57.9 Å². The second-order valence-corrected chi connectivity index (χ2v) is 13.5. The molecule has 4 aromatic rings. The molecule has 0 bridgehead atoms. The van der Waals surface area contributed by atoms with Gasteiger partial charge in [0.15, 0.2) is 0 Å². The summed E-state index contributed by atoms with van der Waals surface area (Å²) in [4.78, 5) is 21.2. The van der Waals surface area contributed by atoms with Crippen LogP contribution in [0.3, 0.4) is 0 Å². The van der Waals surface area contributed by atoms with E-state index in [9.17, 15) is 22.4 Å². The third-order valence-corrected chi connectivity index (χ3v) is 8.90. The SMILES string of the molecule is Cc1nn(-c2nc(-c3ccc(C(F)(F)F)cc3)c(SC(C)C)s2)c(C(=O)NCCOCCOCCOCCN=[N+]=[N-])c1-c1cccc(F)c1. The normalized spacial score (nSPS) is 11.6. The van der Waals surface area contributed by atoms with E-state index in [1.165, 1.54) is 58.1 Å². The molecule has 4 rings (SSSR count). The Hall–Kier alpha value is -3.99. The minimum absolute atomic E-state index is 0.126. The van der Waals surface area contributed by atoms with Crippen molar-refractivity contribution >= 4 is 29.0 Å². The quantitative estimate of drug-likeness (QED) is 0.0278. The molecule has 262 valence electrons. The summed E-state index contributed by atoms with van der Waals surface area (Å²) in [6.07, 6.45) is -4.48. The number of aromatic nitrogens is 3. The molecule has 0 atom stereocenters. The van der Waals surface area contributed by atoms with E-state index in [4.69, 9.17) is 24.7 Å². The van der Waals surface area contributed by atoms with Gasteiger partial charge in [0.2, 0.25) is 5.13 Å². The molecule has 0 saturated carbocycles.